The minimum Gasteiger partial charge on any atom is -0.436 e. The van der Waals surface area contributed by atoms with Gasteiger partial charge in [-0.15, -0.1) is 0 Å². The van der Waals surface area contributed by atoms with Crippen LogP contribution >= 0.6 is 0 Å². The summed E-state index contributed by atoms with van der Waals surface area (Å²) in [6, 6.07) is 20.9. The number of likely N-dealkylation sites (N-methyl/N-ethyl adjacent to an activating group) is 2. The lowest BCUT2D eigenvalue weighted by atomic mass is 10.1. The molecule has 0 aliphatic carbocycles. The maximum atomic E-state index is 13.7. The number of carbonyl (C=O) groups excluding carboxylic acids is 3. The fraction of sp³-hybridized carbons (Fsp3) is 0.375. The van der Waals surface area contributed by atoms with Gasteiger partial charge in [-0.25, -0.2) is 9.97 Å². The van der Waals surface area contributed by atoms with Crippen LogP contribution in [0.25, 0.3) is 33.8 Å². The monoisotopic (exact) mass is 702 g/mol. The first kappa shape index (κ1) is 35.1. The maximum Gasteiger partial charge on any atom is 0.247 e. The fourth-order valence-corrected chi connectivity index (χ4v) is 7.51. The number of benzene rings is 3. The Balaban J connectivity index is 1.08. The SMILES string of the molecule is CNCC1CCC(c2nc3ccc(-c4cnc(-c5ccc(C)c(NC(=O)C6CCCN6C(=O)CN(C)C)c5)o4)cc3[nH]2)N1C(=O)Cc1ccccc1. The molecule has 0 bridgehead atoms. The van der Waals surface area contributed by atoms with E-state index in [1.165, 1.54) is 0 Å². The van der Waals surface area contributed by atoms with Crippen LogP contribution in [0.1, 0.15) is 48.7 Å². The Morgan fingerprint density at radius 1 is 0.981 bits per heavy atom. The lowest BCUT2D eigenvalue weighted by Crippen LogP contribution is -2.46. The molecule has 12 nitrogen and oxygen atoms in total. The van der Waals surface area contributed by atoms with Crippen LogP contribution in [0.4, 0.5) is 5.69 Å². The highest BCUT2D eigenvalue weighted by atomic mass is 16.4. The zero-order valence-corrected chi connectivity index (χ0v) is 30.2. The van der Waals surface area contributed by atoms with Gasteiger partial charge >= 0.3 is 0 Å². The number of imidazole rings is 1. The highest BCUT2D eigenvalue weighted by molar-refractivity contribution is 5.98. The van der Waals surface area contributed by atoms with E-state index in [-0.39, 0.29) is 36.3 Å². The summed E-state index contributed by atoms with van der Waals surface area (Å²) in [7, 11) is 5.61. The topological polar surface area (TPSA) is 140 Å². The first-order chi connectivity index (χ1) is 25.2. The lowest BCUT2D eigenvalue weighted by Gasteiger charge is -2.29. The molecule has 2 aliphatic rings. The molecule has 2 fully saturated rings. The summed E-state index contributed by atoms with van der Waals surface area (Å²) in [4.78, 5) is 58.4. The molecule has 0 saturated carbocycles. The number of amides is 3. The predicted octanol–water partition coefficient (Wildman–Crippen LogP) is 5.18. The molecule has 7 rings (SSSR count). The molecule has 52 heavy (non-hydrogen) atoms. The number of oxazole rings is 1. The molecule has 5 aromatic rings. The molecule has 3 atom stereocenters. The van der Waals surface area contributed by atoms with E-state index < -0.39 is 6.04 Å². The average Bonchev–Trinajstić information content (AvgIpc) is 3.95. The van der Waals surface area contributed by atoms with Gasteiger partial charge in [0.2, 0.25) is 23.6 Å². The zero-order chi connectivity index (χ0) is 36.4. The van der Waals surface area contributed by atoms with Crippen LogP contribution < -0.4 is 10.6 Å². The Bertz CT molecular complexity index is 2070. The van der Waals surface area contributed by atoms with Gasteiger partial charge < -0.3 is 34.7 Å². The minimum absolute atomic E-state index is 0.0439. The number of aryl methyl sites for hydroxylation is 1. The predicted molar refractivity (Wildman–Crippen MR) is 200 cm³/mol. The largest absolute Gasteiger partial charge is 0.436 e. The number of rotatable bonds is 11. The molecule has 2 saturated heterocycles. The van der Waals surface area contributed by atoms with Crippen LogP contribution in [0, 0.1) is 6.92 Å². The van der Waals surface area contributed by atoms with E-state index in [9.17, 15) is 14.4 Å². The van der Waals surface area contributed by atoms with Gasteiger partial charge in [-0.2, -0.15) is 0 Å². The van der Waals surface area contributed by atoms with E-state index >= 15 is 0 Å². The third-order valence-electron chi connectivity index (χ3n) is 10.1. The van der Waals surface area contributed by atoms with Gasteiger partial charge in [-0.3, -0.25) is 14.4 Å². The Hall–Kier alpha value is -5.33. The molecular formula is C40H46N8O4. The number of hydrogen-bond donors (Lipinski definition) is 3. The second-order valence-electron chi connectivity index (χ2n) is 14.2. The zero-order valence-electron chi connectivity index (χ0n) is 30.2. The number of aromatic amines is 1. The number of nitrogens with zero attached hydrogens (tertiary/aromatic N) is 5. The standard InChI is InChI=1S/C40H46N8O4/c1-25-12-13-28(21-31(25)45-39(51)34-11-8-18-47(34)37(50)24-46(3)4)40-42-23-35(52-40)27-14-16-30-32(20-27)44-38(43-30)33-17-15-29(22-41-2)48(33)36(49)19-26-9-6-5-7-10-26/h5-7,9-10,12-14,16,20-21,23,29,33-34,41H,8,11,15,17-19,22,24H2,1-4H3,(H,43,44)(H,45,51). The van der Waals surface area contributed by atoms with Crippen LogP contribution in [0.2, 0.25) is 0 Å². The van der Waals surface area contributed by atoms with Gasteiger partial charge in [0.1, 0.15) is 11.9 Å². The minimum atomic E-state index is -0.497. The summed E-state index contributed by atoms with van der Waals surface area (Å²) in [5, 5.41) is 6.32. The molecule has 0 spiro atoms. The summed E-state index contributed by atoms with van der Waals surface area (Å²) in [5.41, 5.74) is 5.77. The summed E-state index contributed by atoms with van der Waals surface area (Å²) in [6.07, 6.45) is 5.21. The van der Waals surface area contributed by atoms with E-state index in [0.717, 1.165) is 64.9 Å². The van der Waals surface area contributed by atoms with Crippen molar-refractivity contribution >= 4 is 34.4 Å². The van der Waals surface area contributed by atoms with Crippen molar-refractivity contribution in [3.8, 4) is 22.8 Å². The molecule has 12 heteroatoms. The van der Waals surface area contributed by atoms with Crippen LogP contribution in [0.3, 0.4) is 0 Å². The molecule has 4 heterocycles. The number of anilines is 1. The van der Waals surface area contributed by atoms with E-state index in [1.54, 1.807) is 11.1 Å². The van der Waals surface area contributed by atoms with Crippen molar-refractivity contribution in [2.45, 2.75) is 57.2 Å². The molecule has 270 valence electrons. The fourth-order valence-electron chi connectivity index (χ4n) is 7.51. The number of fused-ring (bicyclic) bond motifs is 1. The molecule has 3 unspecified atom stereocenters. The third-order valence-corrected chi connectivity index (χ3v) is 10.1. The van der Waals surface area contributed by atoms with Crippen LogP contribution in [0.15, 0.2) is 77.3 Å². The Morgan fingerprint density at radius 3 is 2.58 bits per heavy atom. The summed E-state index contributed by atoms with van der Waals surface area (Å²) < 4.78 is 6.27. The van der Waals surface area contributed by atoms with Gasteiger partial charge in [0.05, 0.1) is 36.2 Å². The first-order valence-corrected chi connectivity index (χ1v) is 18.0. The number of hydrogen-bond acceptors (Lipinski definition) is 8. The van der Waals surface area contributed by atoms with Crippen molar-refractivity contribution in [3.63, 3.8) is 0 Å². The van der Waals surface area contributed by atoms with Gasteiger partial charge in [0.25, 0.3) is 0 Å². The van der Waals surface area contributed by atoms with Crippen molar-refractivity contribution in [3.05, 3.63) is 89.9 Å². The van der Waals surface area contributed by atoms with Gasteiger partial charge in [-0.1, -0.05) is 36.4 Å². The molecule has 3 aromatic carbocycles. The van der Waals surface area contributed by atoms with E-state index in [2.05, 4.69) is 20.6 Å². The Labute approximate surface area is 303 Å². The summed E-state index contributed by atoms with van der Waals surface area (Å²) in [6.45, 7) is 3.51. The molecule has 0 radical (unpaired) electrons. The smallest absolute Gasteiger partial charge is 0.247 e. The van der Waals surface area contributed by atoms with E-state index in [0.29, 0.717) is 36.7 Å². The number of nitrogens with one attached hydrogen (secondary N) is 3. The quantitative estimate of drug-likeness (QED) is 0.171. The molecule has 3 amide bonds. The molecule has 3 N–H and O–H groups in total. The molecular weight excluding hydrogens is 656 g/mol. The normalized spacial score (nSPS) is 18.8. The van der Waals surface area contributed by atoms with E-state index in [4.69, 9.17) is 9.40 Å². The number of carbonyl (C=O) groups is 3. The number of H-pyrrole nitrogens is 1. The van der Waals surface area contributed by atoms with Crippen LogP contribution in [0.5, 0.6) is 0 Å². The Kier molecular flexibility index (Phi) is 10.2. The lowest BCUT2D eigenvalue weighted by molar-refractivity contribution is -0.137. The molecule has 2 aromatic heterocycles. The molecule has 2 aliphatic heterocycles. The van der Waals surface area contributed by atoms with Crippen molar-refractivity contribution in [2.24, 2.45) is 0 Å². The average molecular weight is 703 g/mol. The second-order valence-corrected chi connectivity index (χ2v) is 14.2. The maximum absolute atomic E-state index is 13.7. The number of aromatic nitrogens is 3. The van der Waals surface area contributed by atoms with Gasteiger partial charge in [0, 0.05) is 35.9 Å². The third kappa shape index (κ3) is 7.35. The summed E-state index contributed by atoms with van der Waals surface area (Å²) in [5.74, 6) is 1.66. The number of likely N-dealkylation sites (tertiary alicyclic amines) is 2. The van der Waals surface area contributed by atoms with Crippen molar-refractivity contribution in [1.82, 2.24) is 35.0 Å². The van der Waals surface area contributed by atoms with E-state index in [1.807, 2.05) is 105 Å². The first-order valence-electron chi connectivity index (χ1n) is 18.0. The van der Waals surface area contributed by atoms with Gasteiger partial charge in [0.15, 0.2) is 5.76 Å². The van der Waals surface area contributed by atoms with Crippen molar-refractivity contribution in [1.29, 1.82) is 0 Å². The highest BCUT2D eigenvalue weighted by Gasteiger charge is 2.39. The second kappa shape index (κ2) is 15.1. The van der Waals surface area contributed by atoms with Crippen molar-refractivity contribution in [2.75, 3.05) is 46.1 Å². The van der Waals surface area contributed by atoms with Crippen LogP contribution in [-0.4, -0.2) is 100 Å². The summed E-state index contributed by atoms with van der Waals surface area (Å²) >= 11 is 0. The van der Waals surface area contributed by atoms with Crippen LogP contribution in [-0.2, 0) is 20.8 Å². The highest BCUT2D eigenvalue weighted by Crippen LogP contribution is 2.37. The van der Waals surface area contributed by atoms with Gasteiger partial charge in [-0.05, 0) is 95.2 Å². The van der Waals surface area contributed by atoms with Crippen molar-refractivity contribution < 1.29 is 18.8 Å². The Morgan fingerprint density at radius 2 is 1.79 bits per heavy atom.